The van der Waals surface area contributed by atoms with Crippen molar-refractivity contribution in [1.29, 1.82) is 0 Å². The van der Waals surface area contributed by atoms with Crippen LogP contribution in [0.2, 0.25) is 0 Å². The second-order valence-corrected chi connectivity index (χ2v) is 6.29. The van der Waals surface area contributed by atoms with Crippen LogP contribution in [0.25, 0.3) is 0 Å². The third kappa shape index (κ3) is 3.80. The van der Waals surface area contributed by atoms with E-state index in [0.29, 0.717) is 24.5 Å². The van der Waals surface area contributed by atoms with Crippen molar-refractivity contribution in [2.45, 2.75) is 44.6 Å². The molecule has 1 aromatic carbocycles. The van der Waals surface area contributed by atoms with Crippen LogP contribution < -0.4 is 10.1 Å². The molecular formula is C18H28N2O2. The lowest BCUT2D eigenvalue weighted by molar-refractivity contribution is 0.0797. The van der Waals surface area contributed by atoms with Crippen LogP contribution in [0.1, 0.15) is 49.4 Å². The van der Waals surface area contributed by atoms with Gasteiger partial charge in [0.05, 0.1) is 12.2 Å². The normalized spacial score (nSPS) is 17.3. The number of ether oxygens (including phenoxy) is 1. The molecule has 1 amide bonds. The highest BCUT2D eigenvalue weighted by Crippen LogP contribution is 2.31. The van der Waals surface area contributed by atoms with Crippen LogP contribution in [0.15, 0.2) is 24.3 Å². The van der Waals surface area contributed by atoms with Gasteiger partial charge in [-0.1, -0.05) is 31.4 Å². The quantitative estimate of drug-likeness (QED) is 0.878. The number of benzene rings is 1. The zero-order valence-corrected chi connectivity index (χ0v) is 14.0. The summed E-state index contributed by atoms with van der Waals surface area (Å²) in [5.41, 5.74) is 0.711. The van der Waals surface area contributed by atoms with Crippen molar-refractivity contribution < 1.29 is 9.53 Å². The topological polar surface area (TPSA) is 41.6 Å². The maximum absolute atomic E-state index is 12.5. The van der Waals surface area contributed by atoms with E-state index in [0.717, 1.165) is 12.8 Å². The number of nitrogens with one attached hydrogen (secondary N) is 1. The number of likely N-dealkylation sites (N-methyl/N-ethyl adjacent to an activating group) is 1. The zero-order valence-electron chi connectivity index (χ0n) is 14.0. The lowest BCUT2D eigenvalue weighted by atomic mass is 9.80. The Morgan fingerprint density at radius 2 is 1.91 bits per heavy atom. The minimum absolute atomic E-state index is 0.0455. The molecule has 0 bridgehead atoms. The average molecular weight is 304 g/mol. The number of carbonyl (C=O) groups is 1. The van der Waals surface area contributed by atoms with E-state index in [-0.39, 0.29) is 11.4 Å². The Morgan fingerprint density at radius 3 is 2.55 bits per heavy atom. The fraction of sp³-hybridized carbons (Fsp3) is 0.611. The molecule has 122 valence electrons. The van der Waals surface area contributed by atoms with Crippen molar-refractivity contribution in [2.75, 3.05) is 27.2 Å². The maximum atomic E-state index is 12.5. The van der Waals surface area contributed by atoms with Crippen molar-refractivity contribution >= 4 is 5.91 Å². The van der Waals surface area contributed by atoms with Gasteiger partial charge in [0.1, 0.15) is 5.75 Å². The summed E-state index contributed by atoms with van der Waals surface area (Å²) >= 11 is 0. The number of amides is 1. The first kappa shape index (κ1) is 16.8. The highest BCUT2D eigenvalue weighted by atomic mass is 16.5. The Balaban J connectivity index is 2.05. The number of hydrogen-bond acceptors (Lipinski definition) is 3. The number of para-hydroxylation sites is 1. The van der Waals surface area contributed by atoms with E-state index in [2.05, 4.69) is 24.3 Å². The van der Waals surface area contributed by atoms with Gasteiger partial charge in [0, 0.05) is 12.1 Å². The molecule has 2 rings (SSSR count). The molecule has 1 saturated carbocycles. The van der Waals surface area contributed by atoms with Gasteiger partial charge in [0.25, 0.3) is 5.91 Å². The van der Waals surface area contributed by atoms with Crippen LogP contribution in [0.5, 0.6) is 5.75 Å². The highest BCUT2D eigenvalue weighted by molar-refractivity contribution is 5.96. The Kier molecular flexibility index (Phi) is 5.83. The third-order valence-electron chi connectivity index (χ3n) is 4.74. The molecule has 0 aliphatic heterocycles. The lowest BCUT2D eigenvalue weighted by Crippen LogP contribution is -2.53. The first-order valence-electron chi connectivity index (χ1n) is 8.26. The molecule has 1 N–H and O–H groups in total. The summed E-state index contributed by atoms with van der Waals surface area (Å²) in [5.74, 6) is 0.612. The van der Waals surface area contributed by atoms with Gasteiger partial charge < -0.3 is 15.0 Å². The second-order valence-electron chi connectivity index (χ2n) is 6.29. The molecule has 1 aromatic rings. The smallest absolute Gasteiger partial charge is 0.255 e. The van der Waals surface area contributed by atoms with Crippen molar-refractivity contribution in [3.05, 3.63) is 29.8 Å². The fourth-order valence-electron chi connectivity index (χ4n) is 3.27. The summed E-state index contributed by atoms with van der Waals surface area (Å²) in [6, 6.07) is 7.44. The largest absolute Gasteiger partial charge is 0.493 e. The van der Waals surface area contributed by atoms with E-state index in [1.165, 1.54) is 19.3 Å². The summed E-state index contributed by atoms with van der Waals surface area (Å²) in [6.45, 7) is 3.18. The van der Waals surface area contributed by atoms with Gasteiger partial charge in [-0.25, -0.2) is 0 Å². The SMILES string of the molecule is CCOc1ccccc1C(=O)NCC1(N(C)C)CCCCC1. The molecule has 1 aliphatic carbocycles. The molecule has 0 saturated heterocycles. The minimum atomic E-state index is -0.0455. The average Bonchev–Trinajstić information content (AvgIpc) is 2.54. The van der Waals surface area contributed by atoms with Crippen molar-refractivity contribution in [3.63, 3.8) is 0 Å². The summed E-state index contributed by atoms with van der Waals surface area (Å²) in [5, 5.41) is 3.13. The predicted octanol–water partition coefficient (Wildman–Crippen LogP) is 3.08. The van der Waals surface area contributed by atoms with Gasteiger partial charge >= 0.3 is 0 Å². The van der Waals surface area contributed by atoms with E-state index >= 15 is 0 Å². The van der Waals surface area contributed by atoms with Crippen LogP contribution in [-0.2, 0) is 0 Å². The second kappa shape index (κ2) is 7.63. The molecule has 1 fully saturated rings. The van der Waals surface area contributed by atoms with E-state index in [9.17, 15) is 4.79 Å². The number of rotatable bonds is 6. The predicted molar refractivity (Wildman–Crippen MR) is 89.4 cm³/mol. The van der Waals surface area contributed by atoms with E-state index < -0.39 is 0 Å². The van der Waals surface area contributed by atoms with Crippen LogP contribution in [-0.4, -0.2) is 43.6 Å². The van der Waals surface area contributed by atoms with Gasteiger partial charge in [0.2, 0.25) is 0 Å². The Labute approximate surface area is 133 Å². The highest BCUT2D eigenvalue weighted by Gasteiger charge is 2.34. The zero-order chi connectivity index (χ0) is 16.0. The van der Waals surface area contributed by atoms with Crippen molar-refractivity contribution in [3.8, 4) is 5.75 Å². The number of hydrogen-bond donors (Lipinski definition) is 1. The molecule has 0 atom stereocenters. The monoisotopic (exact) mass is 304 g/mol. The molecule has 0 aromatic heterocycles. The van der Waals surface area contributed by atoms with E-state index in [4.69, 9.17) is 4.74 Å². The van der Waals surface area contributed by atoms with Gasteiger partial charge in [-0.2, -0.15) is 0 Å². The summed E-state index contributed by atoms with van der Waals surface area (Å²) < 4.78 is 5.55. The van der Waals surface area contributed by atoms with Gasteiger partial charge in [0.15, 0.2) is 0 Å². The fourth-order valence-corrected chi connectivity index (χ4v) is 3.27. The van der Waals surface area contributed by atoms with Gasteiger partial charge in [-0.3, -0.25) is 4.79 Å². The Hall–Kier alpha value is -1.55. The third-order valence-corrected chi connectivity index (χ3v) is 4.74. The standard InChI is InChI=1S/C18H28N2O2/c1-4-22-16-11-7-6-10-15(16)17(21)19-14-18(20(2)3)12-8-5-9-13-18/h6-7,10-11H,4-5,8-9,12-14H2,1-3H3,(H,19,21). The molecule has 0 radical (unpaired) electrons. The first-order valence-corrected chi connectivity index (χ1v) is 8.26. The van der Waals surface area contributed by atoms with Crippen LogP contribution in [0, 0.1) is 0 Å². The lowest BCUT2D eigenvalue weighted by Gasteiger charge is -2.43. The molecule has 1 aliphatic rings. The van der Waals surface area contributed by atoms with Crippen molar-refractivity contribution in [1.82, 2.24) is 10.2 Å². The minimum Gasteiger partial charge on any atom is -0.493 e. The summed E-state index contributed by atoms with van der Waals surface area (Å²) in [6.07, 6.45) is 6.07. The van der Waals surface area contributed by atoms with Crippen LogP contribution >= 0.6 is 0 Å². The van der Waals surface area contributed by atoms with E-state index in [1.807, 2.05) is 31.2 Å². The van der Waals surface area contributed by atoms with Gasteiger partial charge in [-0.15, -0.1) is 0 Å². The van der Waals surface area contributed by atoms with Crippen molar-refractivity contribution in [2.24, 2.45) is 0 Å². The van der Waals surface area contributed by atoms with Crippen LogP contribution in [0.4, 0.5) is 0 Å². The maximum Gasteiger partial charge on any atom is 0.255 e. The summed E-state index contributed by atoms with van der Waals surface area (Å²) in [4.78, 5) is 14.8. The number of carbonyl (C=O) groups excluding carboxylic acids is 1. The molecule has 0 heterocycles. The Morgan fingerprint density at radius 1 is 1.23 bits per heavy atom. The molecule has 4 heteroatoms. The number of nitrogens with zero attached hydrogens (tertiary/aromatic N) is 1. The first-order chi connectivity index (χ1) is 10.6. The molecule has 4 nitrogen and oxygen atoms in total. The Bertz CT molecular complexity index is 494. The van der Waals surface area contributed by atoms with E-state index in [1.54, 1.807) is 0 Å². The molecular weight excluding hydrogens is 276 g/mol. The van der Waals surface area contributed by atoms with Crippen LogP contribution in [0.3, 0.4) is 0 Å². The van der Waals surface area contributed by atoms with Gasteiger partial charge in [-0.05, 0) is 46.0 Å². The molecule has 0 spiro atoms. The summed E-state index contributed by atoms with van der Waals surface area (Å²) in [7, 11) is 4.23. The molecule has 22 heavy (non-hydrogen) atoms. The molecule has 0 unspecified atom stereocenters.